The Labute approximate surface area is 179 Å². The lowest BCUT2D eigenvalue weighted by atomic mass is 9.94. The molecule has 2 aromatic carbocycles. The summed E-state index contributed by atoms with van der Waals surface area (Å²) in [6.45, 7) is 4.18. The molecule has 3 rings (SSSR count). The van der Waals surface area contributed by atoms with Crippen molar-refractivity contribution < 1.29 is 19.1 Å². The third-order valence-corrected chi connectivity index (χ3v) is 5.71. The van der Waals surface area contributed by atoms with Gasteiger partial charge in [0.1, 0.15) is 12.2 Å². The van der Waals surface area contributed by atoms with Crippen molar-refractivity contribution in [2.75, 3.05) is 0 Å². The van der Waals surface area contributed by atoms with Gasteiger partial charge in [0.2, 0.25) is 0 Å². The van der Waals surface area contributed by atoms with Crippen LogP contribution in [0.25, 0.3) is 0 Å². The van der Waals surface area contributed by atoms with Gasteiger partial charge in [0, 0.05) is 0 Å². The molecule has 0 saturated heterocycles. The maximum absolute atomic E-state index is 12.4. The molecule has 1 aliphatic rings. The molecule has 0 amide bonds. The molecule has 0 radical (unpaired) electrons. The van der Waals surface area contributed by atoms with Crippen molar-refractivity contribution in [2.45, 2.75) is 77.4 Å². The Morgan fingerprint density at radius 2 is 1.23 bits per heavy atom. The van der Waals surface area contributed by atoms with Crippen molar-refractivity contribution in [3.8, 4) is 0 Å². The summed E-state index contributed by atoms with van der Waals surface area (Å²) in [5, 5.41) is 0. The average molecular weight is 409 g/mol. The van der Waals surface area contributed by atoms with Gasteiger partial charge in [-0.2, -0.15) is 0 Å². The van der Waals surface area contributed by atoms with E-state index in [9.17, 15) is 9.59 Å². The number of carbonyl (C=O) groups excluding carboxylic acids is 2. The molecule has 0 N–H and O–H groups in total. The Bertz CT molecular complexity index is 815. The minimum Gasteiger partial charge on any atom is -0.459 e. The average Bonchev–Trinajstić information content (AvgIpc) is 2.76. The van der Waals surface area contributed by atoms with Crippen molar-refractivity contribution in [3.05, 3.63) is 70.8 Å². The third kappa shape index (κ3) is 6.45. The predicted molar refractivity (Wildman–Crippen MR) is 118 cm³/mol. The molecule has 4 nitrogen and oxygen atoms in total. The normalized spacial score (nSPS) is 18.6. The molecule has 0 heterocycles. The predicted octanol–water partition coefficient (Wildman–Crippen LogP) is 6.05. The largest absolute Gasteiger partial charge is 0.459 e. The van der Waals surface area contributed by atoms with Gasteiger partial charge in [-0.1, -0.05) is 49.6 Å². The van der Waals surface area contributed by atoms with Crippen molar-refractivity contribution >= 4 is 11.9 Å². The number of hydrogen-bond acceptors (Lipinski definition) is 4. The number of ether oxygens (including phenoxy) is 2. The van der Waals surface area contributed by atoms with E-state index in [4.69, 9.17) is 9.47 Å². The second-order valence-electron chi connectivity index (χ2n) is 8.23. The molecule has 2 aromatic rings. The number of carbonyl (C=O) groups is 2. The highest BCUT2D eigenvalue weighted by Gasteiger charge is 2.27. The second kappa shape index (κ2) is 11.0. The standard InChI is InChI=1S/C26H32O4/c1-3-4-5-6-20-9-13-22(14-10-20)26(28)30-24-17-15-23(16-18-24)29-25(27)21-11-7-19(2)8-12-21/h7-14,23-24H,3-6,15-18H2,1-2H3. The molecule has 0 spiro atoms. The van der Waals surface area contributed by atoms with E-state index in [0.29, 0.717) is 36.8 Å². The molecule has 4 heteroatoms. The Morgan fingerprint density at radius 1 is 0.767 bits per heavy atom. The van der Waals surface area contributed by atoms with Crippen LogP contribution in [-0.4, -0.2) is 24.1 Å². The third-order valence-electron chi connectivity index (χ3n) is 5.71. The van der Waals surface area contributed by atoms with E-state index in [1.165, 1.54) is 24.8 Å². The van der Waals surface area contributed by atoms with Gasteiger partial charge >= 0.3 is 11.9 Å². The van der Waals surface area contributed by atoms with Crippen LogP contribution in [0.4, 0.5) is 0 Å². The summed E-state index contributed by atoms with van der Waals surface area (Å²) in [5.74, 6) is -0.551. The number of rotatable bonds is 8. The molecule has 0 aromatic heterocycles. The number of esters is 2. The maximum Gasteiger partial charge on any atom is 0.338 e. The zero-order chi connectivity index (χ0) is 21.3. The summed E-state index contributed by atoms with van der Waals surface area (Å²) in [4.78, 5) is 24.7. The van der Waals surface area contributed by atoms with Crippen molar-refractivity contribution in [1.29, 1.82) is 0 Å². The Hall–Kier alpha value is -2.62. The first-order valence-electron chi connectivity index (χ1n) is 11.1. The van der Waals surface area contributed by atoms with Crippen LogP contribution < -0.4 is 0 Å². The van der Waals surface area contributed by atoms with Gasteiger partial charge in [0.25, 0.3) is 0 Å². The Morgan fingerprint density at radius 3 is 1.70 bits per heavy atom. The fourth-order valence-electron chi connectivity index (χ4n) is 3.78. The highest BCUT2D eigenvalue weighted by atomic mass is 16.6. The molecule has 0 unspecified atom stereocenters. The molecule has 1 fully saturated rings. The molecular weight excluding hydrogens is 376 g/mol. The number of benzene rings is 2. The Balaban J connectivity index is 1.42. The van der Waals surface area contributed by atoms with Crippen molar-refractivity contribution in [2.24, 2.45) is 0 Å². The van der Waals surface area contributed by atoms with Crippen LogP contribution in [-0.2, 0) is 15.9 Å². The highest BCUT2D eigenvalue weighted by molar-refractivity contribution is 5.90. The summed E-state index contributed by atoms with van der Waals surface area (Å²) < 4.78 is 11.3. The van der Waals surface area contributed by atoms with Gasteiger partial charge in [-0.15, -0.1) is 0 Å². The van der Waals surface area contributed by atoms with Gasteiger partial charge in [0.05, 0.1) is 11.1 Å². The first-order valence-corrected chi connectivity index (χ1v) is 11.1. The summed E-state index contributed by atoms with van der Waals surface area (Å²) in [5.41, 5.74) is 3.55. The SMILES string of the molecule is CCCCCc1ccc(C(=O)OC2CCC(OC(=O)c3ccc(C)cc3)CC2)cc1. The quantitative estimate of drug-likeness (QED) is 0.394. The molecule has 0 bridgehead atoms. The summed E-state index contributed by atoms with van der Waals surface area (Å²) in [6.07, 6.45) is 7.29. The number of hydrogen-bond donors (Lipinski definition) is 0. The molecule has 160 valence electrons. The van der Waals surface area contributed by atoms with E-state index in [-0.39, 0.29) is 24.1 Å². The summed E-state index contributed by atoms with van der Waals surface area (Å²) in [7, 11) is 0. The first-order chi connectivity index (χ1) is 14.5. The molecule has 1 aliphatic carbocycles. The zero-order valence-electron chi connectivity index (χ0n) is 18.1. The van der Waals surface area contributed by atoms with E-state index in [2.05, 4.69) is 6.92 Å². The molecule has 0 aliphatic heterocycles. The van der Waals surface area contributed by atoms with Gasteiger partial charge in [-0.3, -0.25) is 0 Å². The molecule has 1 saturated carbocycles. The fourth-order valence-corrected chi connectivity index (χ4v) is 3.78. The van der Waals surface area contributed by atoms with Gasteiger partial charge in [0.15, 0.2) is 0 Å². The monoisotopic (exact) mass is 408 g/mol. The van der Waals surface area contributed by atoms with Crippen LogP contribution in [0.2, 0.25) is 0 Å². The maximum atomic E-state index is 12.4. The lowest BCUT2D eigenvalue weighted by Gasteiger charge is -2.28. The number of aryl methyl sites for hydroxylation is 2. The van der Waals surface area contributed by atoms with E-state index >= 15 is 0 Å². The smallest absolute Gasteiger partial charge is 0.338 e. The highest BCUT2D eigenvalue weighted by Crippen LogP contribution is 2.25. The first kappa shape index (κ1) is 22.1. The second-order valence-corrected chi connectivity index (χ2v) is 8.23. The summed E-state index contributed by atoms with van der Waals surface area (Å²) >= 11 is 0. The van der Waals surface area contributed by atoms with E-state index < -0.39 is 0 Å². The minimum atomic E-state index is -0.283. The Kier molecular flexibility index (Phi) is 8.06. The van der Waals surface area contributed by atoms with Crippen LogP contribution in [0.1, 0.15) is 83.7 Å². The topological polar surface area (TPSA) is 52.6 Å². The van der Waals surface area contributed by atoms with Crippen LogP contribution in [0, 0.1) is 6.92 Å². The zero-order valence-corrected chi connectivity index (χ0v) is 18.1. The fraction of sp³-hybridized carbons (Fsp3) is 0.462. The lowest BCUT2D eigenvalue weighted by Crippen LogP contribution is -2.29. The molecule has 30 heavy (non-hydrogen) atoms. The van der Waals surface area contributed by atoms with Crippen LogP contribution in [0.3, 0.4) is 0 Å². The van der Waals surface area contributed by atoms with Crippen LogP contribution in [0.15, 0.2) is 48.5 Å². The van der Waals surface area contributed by atoms with E-state index in [1.54, 1.807) is 12.1 Å². The van der Waals surface area contributed by atoms with E-state index in [1.807, 2.05) is 43.3 Å². The van der Waals surface area contributed by atoms with Gasteiger partial charge in [-0.25, -0.2) is 9.59 Å². The van der Waals surface area contributed by atoms with Gasteiger partial charge < -0.3 is 9.47 Å². The molecular formula is C26H32O4. The minimum absolute atomic E-state index is 0.115. The van der Waals surface area contributed by atoms with E-state index in [0.717, 1.165) is 12.0 Å². The van der Waals surface area contributed by atoms with Crippen molar-refractivity contribution in [1.82, 2.24) is 0 Å². The lowest BCUT2D eigenvalue weighted by molar-refractivity contribution is -0.0108. The van der Waals surface area contributed by atoms with Gasteiger partial charge in [-0.05, 0) is 75.3 Å². The summed E-state index contributed by atoms with van der Waals surface area (Å²) in [6, 6.07) is 15.2. The van der Waals surface area contributed by atoms with Crippen LogP contribution >= 0.6 is 0 Å². The van der Waals surface area contributed by atoms with Crippen molar-refractivity contribution in [3.63, 3.8) is 0 Å². The number of unbranched alkanes of at least 4 members (excludes halogenated alkanes) is 2. The molecule has 0 atom stereocenters. The van der Waals surface area contributed by atoms with Crippen LogP contribution in [0.5, 0.6) is 0 Å².